The van der Waals surface area contributed by atoms with Gasteiger partial charge in [-0.1, -0.05) is 229 Å². The SMILES string of the molecule is Cc1ccc(C=Cc2ccc(N(c3ccc(C)cc3)c3ccc4c5ccc(N(c6ccc(C=Cc7ccc(C)cc7)cc6)c6ccc(C=Cc7ccc(C)cc7)cc6)c6cccc(c7cccc3c74)c65)cc2)cc1. The zero-order chi connectivity index (χ0) is 50.1. The van der Waals surface area contributed by atoms with Gasteiger partial charge in [-0.2, -0.15) is 0 Å². The Labute approximate surface area is 435 Å². The molecule has 2 nitrogen and oxygen atoms in total. The monoisotopic (exact) mass is 948 g/mol. The molecule has 12 aromatic carbocycles. The summed E-state index contributed by atoms with van der Waals surface area (Å²) >= 11 is 0. The minimum absolute atomic E-state index is 1.09. The molecule has 0 aliphatic carbocycles. The van der Waals surface area contributed by atoms with Crippen LogP contribution in [-0.2, 0) is 0 Å². The van der Waals surface area contributed by atoms with E-state index in [9.17, 15) is 0 Å². The first-order chi connectivity index (χ1) is 36.3. The second-order valence-corrected chi connectivity index (χ2v) is 19.7. The topological polar surface area (TPSA) is 6.48 Å². The van der Waals surface area contributed by atoms with Gasteiger partial charge in [0.1, 0.15) is 0 Å². The van der Waals surface area contributed by atoms with E-state index in [4.69, 9.17) is 0 Å². The Morgan fingerprint density at radius 3 is 0.716 bits per heavy atom. The standard InChI is InChI=1S/C72H56N2/c1-49-11-19-53(20-12-49)25-28-56-31-39-60(40-32-56)73(59-37-17-52(4)18-38-59)69-47-45-65-66-46-48-70(68-10-6-8-64(72(66)68)63-7-5-9-67(69)71(63)65)74(61-41-33-57(34-42-61)29-26-54-21-13-50(2)14-22-54)62-43-35-58(36-44-62)30-27-55-23-15-51(3)16-24-55/h5-48H,1-4H3. The van der Waals surface area contributed by atoms with Crippen LogP contribution in [0.2, 0.25) is 0 Å². The zero-order valence-corrected chi connectivity index (χ0v) is 42.3. The summed E-state index contributed by atoms with van der Waals surface area (Å²) in [5.74, 6) is 0. The van der Waals surface area contributed by atoms with Crippen LogP contribution in [0, 0.1) is 27.7 Å². The fourth-order valence-electron chi connectivity index (χ4n) is 10.4. The Bertz CT molecular complexity index is 3910. The van der Waals surface area contributed by atoms with E-state index in [1.54, 1.807) is 0 Å². The fourth-order valence-corrected chi connectivity index (χ4v) is 10.4. The van der Waals surface area contributed by atoms with E-state index in [0.29, 0.717) is 0 Å². The first-order valence-corrected chi connectivity index (χ1v) is 25.6. The minimum atomic E-state index is 1.09. The van der Waals surface area contributed by atoms with E-state index in [1.165, 1.54) is 82.0 Å². The number of benzene rings is 12. The lowest BCUT2D eigenvalue weighted by molar-refractivity contribution is 1.29. The van der Waals surface area contributed by atoms with Crippen LogP contribution in [-0.4, -0.2) is 0 Å². The van der Waals surface area contributed by atoms with E-state index in [0.717, 1.165) is 50.8 Å². The van der Waals surface area contributed by atoms with Crippen molar-refractivity contribution in [1.29, 1.82) is 0 Å². The molecule has 0 unspecified atom stereocenters. The molecule has 0 aliphatic heterocycles. The van der Waals surface area contributed by atoms with E-state index < -0.39 is 0 Å². The maximum Gasteiger partial charge on any atom is 0.0540 e. The van der Waals surface area contributed by atoms with Gasteiger partial charge >= 0.3 is 0 Å². The predicted octanol–water partition coefficient (Wildman–Crippen LogP) is 20.4. The highest BCUT2D eigenvalue weighted by molar-refractivity contribution is 6.35. The van der Waals surface area contributed by atoms with Gasteiger partial charge in [0.2, 0.25) is 0 Å². The van der Waals surface area contributed by atoms with E-state index in [-0.39, 0.29) is 0 Å². The predicted molar refractivity (Wildman–Crippen MR) is 322 cm³/mol. The average molecular weight is 949 g/mol. The first kappa shape index (κ1) is 45.9. The summed E-state index contributed by atoms with van der Waals surface area (Å²) in [6.07, 6.45) is 13.1. The Hall–Kier alpha value is -9.24. The Balaban J connectivity index is 0.968. The zero-order valence-electron chi connectivity index (χ0n) is 42.3. The van der Waals surface area contributed by atoms with Crippen molar-refractivity contribution in [3.05, 3.63) is 286 Å². The molecule has 0 heterocycles. The molecule has 0 radical (unpaired) electrons. The van der Waals surface area contributed by atoms with E-state index in [1.807, 2.05) is 0 Å². The second-order valence-electron chi connectivity index (χ2n) is 19.7. The van der Waals surface area contributed by atoms with Crippen molar-refractivity contribution in [2.75, 3.05) is 9.80 Å². The molecule has 0 saturated carbocycles. The summed E-state index contributed by atoms with van der Waals surface area (Å²) in [7, 11) is 0. The number of fused-ring (bicyclic) bond motifs is 2. The van der Waals surface area contributed by atoms with Crippen molar-refractivity contribution >= 4 is 114 Å². The lowest BCUT2D eigenvalue weighted by Crippen LogP contribution is -2.11. The van der Waals surface area contributed by atoms with Crippen molar-refractivity contribution in [1.82, 2.24) is 0 Å². The molecule has 0 aromatic heterocycles. The molecule has 12 aromatic rings. The molecule has 0 N–H and O–H groups in total. The number of rotatable bonds is 12. The lowest BCUT2D eigenvalue weighted by atomic mass is 9.88. The third-order valence-electron chi connectivity index (χ3n) is 14.5. The van der Waals surface area contributed by atoms with E-state index in [2.05, 4.69) is 304 Å². The average Bonchev–Trinajstić information content (AvgIpc) is 3.45. The number of hydrogen-bond acceptors (Lipinski definition) is 2. The molecular weight excluding hydrogens is 893 g/mol. The van der Waals surface area contributed by atoms with Crippen LogP contribution in [0.15, 0.2) is 231 Å². The molecule has 74 heavy (non-hydrogen) atoms. The van der Waals surface area contributed by atoms with Gasteiger partial charge in [-0.25, -0.2) is 0 Å². The Morgan fingerprint density at radius 1 is 0.216 bits per heavy atom. The molecule has 0 amide bonds. The number of aryl methyl sites for hydroxylation is 4. The van der Waals surface area contributed by atoms with Crippen LogP contribution in [0.3, 0.4) is 0 Å². The Kier molecular flexibility index (Phi) is 12.2. The summed E-state index contributed by atoms with van der Waals surface area (Å²) in [6.45, 7) is 8.53. The summed E-state index contributed by atoms with van der Waals surface area (Å²) < 4.78 is 0. The summed E-state index contributed by atoms with van der Waals surface area (Å²) in [4.78, 5) is 4.84. The van der Waals surface area contributed by atoms with Crippen molar-refractivity contribution in [2.45, 2.75) is 27.7 Å². The Morgan fingerprint density at radius 2 is 0.432 bits per heavy atom. The van der Waals surface area contributed by atoms with Gasteiger partial charge in [-0.05, 0) is 154 Å². The van der Waals surface area contributed by atoms with E-state index >= 15 is 0 Å². The van der Waals surface area contributed by atoms with Gasteiger partial charge in [-0.15, -0.1) is 0 Å². The number of anilines is 6. The molecule has 0 fully saturated rings. The smallest absolute Gasteiger partial charge is 0.0540 e. The third kappa shape index (κ3) is 9.15. The number of hydrogen-bond donors (Lipinski definition) is 0. The summed E-state index contributed by atoms with van der Waals surface area (Å²) in [5.41, 5.74) is 18.7. The van der Waals surface area contributed by atoms with Gasteiger partial charge in [0.05, 0.1) is 11.4 Å². The largest absolute Gasteiger partial charge is 0.310 e. The van der Waals surface area contributed by atoms with Gasteiger partial charge in [0.25, 0.3) is 0 Å². The highest BCUT2D eigenvalue weighted by atomic mass is 15.1. The van der Waals surface area contributed by atoms with Crippen molar-refractivity contribution in [3.8, 4) is 0 Å². The molecule has 0 saturated heterocycles. The van der Waals surface area contributed by atoms with Crippen molar-refractivity contribution in [2.24, 2.45) is 0 Å². The first-order valence-electron chi connectivity index (χ1n) is 25.6. The van der Waals surface area contributed by atoms with Gasteiger partial charge in [0.15, 0.2) is 0 Å². The molecule has 0 spiro atoms. The maximum atomic E-state index is 2.42. The molecule has 0 aliphatic rings. The van der Waals surface area contributed by atoms with Gasteiger partial charge < -0.3 is 9.80 Å². The molecule has 354 valence electrons. The second kappa shape index (κ2) is 19.8. The summed E-state index contributed by atoms with van der Waals surface area (Å²) in [6, 6.07) is 84.8. The van der Waals surface area contributed by atoms with Crippen LogP contribution >= 0.6 is 0 Å². The lowest BCUT2D eigenvalue weighted by Gasteiger charge is -2.29. The van der Waals surface area contributed by atoms with Crippen molar-refractivity contribution in [3.63, 3.8) is 0 Å². The van der Waals surface area contributed by atoms with Crippen LogP contribution in [0.25, 0.3) is 79.5 Å². The minimum Gasteiger partial charge on any atom is -0.310 e. The fraction of sp³-hybridized carbons (Fsp3) is 0.0556. The quantitative estimate of drug-likeness (QED) is 0.0684. The summed E-state index contributed by atoms with van der Waals surface area (Å²) in [5, 5.41) is 9.94. The van der Waals surface area contributed by atoms with Crippen LogP contribution in [0.4, 0.5) is 34.1 Å². The van der Waals surface area contributed by atoms with Crippen LogP contribution in [0.1, 0.15) is 55.6 Å². The van der Waals surface area contributed by atoms with Crippen LogP contribution < -0.4 is 9.80 Å². The molecular formula is C72H56N2. The highest BCUT2D eigenvalue weighted by Gasteiger charge is 2.23. The normalized spacial score (nSPS) is 11.9. The molecule has 12 rings (SSSR count). The maximum absolute atomic E-state index is 2.42. The van der Waals surface area contributed by atoms with Gasteiger partial charge in [0, 0.05) is 33.5 Å². The third-order valence-corrected chi connectivity index (χ3v) is 14.5. The van der Waals surface area contributed by atoms with Gasteiger partial charge in [-0.3, -0.25) is 0 Å². The number of nitrogens with zero attached hydrogens (tertiary/aromatic N) is 2. The van der Waals surface area contributed by atoms with Crippen LogP contribution in [0.5, 0.6) is 0 Å². The molecule has 0 atom stereocenters. The molecule has 0 bridgehead atoms. The highest BCUT2D eigenvalue weighted by Crippen LogP contribution is 2.49. The van der Waals surface area contributed by atoms with Crippen molar-refractivity contribution < 1.29 is 0 Å². The molecule has 2 heteroatoms.